The first-order valence-corrected chi connectivity index (χ1v) is 7.54. The lowest BCUT2D eigenvalue weighted by Crippen LogP contribution is -2.30. The summed E-state index contributed by atoms with van der Waals surface area (Å²) < 4.78 is 5.14. The highest BCUT2D eigenvalue weighted by atomic mass is 16.5. The molecule has 124 valence electrons. The molecule has 24 heavy (non-hydrogen) atoms. The minimum Gasteiger partial charge on any atom is -0.423 e. The van der Waals surface area contributed by atoms with E-state index in [1.165, 1.54) is 13.8 Å². The molecule has 0 saturated carbocycles. The molecule has 0 unspecified atom stereocenters. The summed E-state index contributed by atoms with van der Waals surface area (Å²) in [6, 6.07) is 14.1. The van der Waals surface area contributed by atoms with Gasteiger partial charge in [0.2, 0.25) is 0 Å². The molecule has 4 nitrogen and oxygen atoms in total. The lowest BCUT2D eigenvalue weighted by molar-refractivity contribution is -0.130. The van der Waals surface area contributed by atoms with Gasteiger partial charge in [0.05, 0.1) is 0 Å². The molecule has 0 amide bonds. The molecular weight excluding hydrogens is 304 g/mol. The van der Waals surface area contributed by atoms with Crippen LogP contribution in [-0.2, 0) is 4.79 Å². The lowest BCUT2D eigenvalue weighted by Gasteiger charge is -2.15. The molecule has 2 aromatic rings. The average molecular weight is 324 g/mol. The Morgan fingerprint density at radius 3 is 1.83 bits per heavy atom. The van der Waals surface area contributed by atoms with E-state index < -0.39 is 11.6 Å². The summed E-state index contributed by atoms with van der Waals surface area (Å²) in [4.78, 5) is 23.5. The first-order chi connectivity index (χ1) is 11.2. The molecule has 2 rings (SSSR count). The van der Waals surface area contributed by atoms with Crippen LogP contribution < -0.4 is 4.74 Å². The number of hydrogen-bond donors (Lipinski definition) is 1. The molecular formula is C20H20O4. The van der Waals surface area contributed by atoms with Crippen LogP contribution in [0.15, 0.2) is 60.7 Å². The van der Waals surface area contributed by atoms with Gasteiger partial charge in [0, 0.05) is 11.1 Å². The van der Waals surface area contributed by atoms with Crippen molar-refractivity contribution in [3.8, 4) is 16.9 Å². The van der Waals surface area contributed by atoms with E-state index in [-0.39, 0.29) is 5.78 Å². The summed E-state index contributed by atoms with van der Waals surface area (Å²) in [5.41, 5.74) is 1.24. The maximum absolute atomic E-state index is 12.0. The number of aliphatic hydroxyl groups is 1. The van der Waals surface area contributed by atoms with Crippen molar-refractivity contribution in [2.75, 3.05) is 0 Å². The predicted octanol–water partition coefficient (Wildman–Crippen LogP) is 3.79. The van der Waals surface area contributed by atoms with Gasteiger partial charge < -0.3 is 9.84 Å². The standard InChI is InChI=1S/C20H20O4/c1-13(2)19(22)24-17-11-9-15(10-12-17)14-5-7-16(8-6-14)18(21)20(3,4)23/h5-12,23H,1H2,2-4H3. The number of hydrogen-bond acceptors (Lipinski definition) is 4. The van der Waals surface area contributed by atoms with E-state index in [1.807, 2.05) is 24.3 Å². The molecule has 4 heteroatoms. The van der Waals surface area contributed by atoms with Crippen molar-refractivity contribution in [1.82, 2.24) is 0 Å². The molecule has 0 aliphatic rings. The van der Waals surface area contributed by atoms with Crippen molar-refractivity contribution in [3.05, 3.63) is 66.2 Å². The third-order valence-corrected chi connectivity index (χ3v) is 3.45. The molecule has 0 bridgehead atoms. The van der Waals surface area contributed by atoms with E-state index in [2.05, 4.69) is 6.58 Å². The molecule has 0 fully saturated rings. The molecule has 0 heterocycles. The zero-order chi connectivity index (χ0) is 17.9. The average Bonchev–Trinajstić information content (AvgIpc) is 2.54. The second kappa shape index (κ2) is 6.81. The summed E-state index contributed by atoms with van der Waals surface area (Å²) in [7, 11) is 0. The van der Waals surface area contributed by atoms with Gasteiger partial charge in [0.15, 0.2) is 5.78 Å². The van der Waals surface area contributed by atoms with Crippen LogP contribution in [0, 0.1) is 0 Å². The zero-order valence-corrected chi connectivity index (χ0v) is 14.0. The number of ketones is 1. The SMILES string of the molecule is C=C(C)C(=O)Oc1ccc(-c2ccc(C(=O)C(C)(C)O)cc2)cc1. The molecule has 0 aromatic heterocycles. The van der Waals surface area contributed by atoms with Crippen LogP contribution in [0.25, 0.3) is 11.1 Å². The highest BCUT2D eigenvalue weighted by molar-refractivity contribution is 6.02. The Balaban J connectivity index is 2.16. The smallest absolute Gasteiger partial charge is 0.338 e. The number of rotatable bonds is 5. The molecule has 1 N–H and O–H groups in total. The van der Waals surface area contributed by atoms with Crippen molar-refractivity contribution >= 4 is 11.8 Å². The number of benzene rings is 2. The molecule has 0 aliphatic carbocycles. The van der Waals surface area contributed by atoms with Crippen molar-refractivity contribution in [3.63, 3.8) is 0 Å². The highest BCUT2D eigenvalue weighted by Gasteiger charge is 2.24. The first-order valence-electron chi connectivity index (χ1n) is 7.54. The maximum Gasteiger partial charge on any atom is 0.338 e. The maximum atomic E-state index is 12.0. The first kappa shape index (κ1) is 17.6. The van der Waals surface area contributed by atoms with Gasteiger partial charge >= 0.3 is 5.97 Å². The molecule has 2 aromatic carbocycles. The number of carbonyl (C=O) groups excluding carboxylic acids is 2. The zero-order valence-electron chi connectivity index (χ0n) is 14.0. The summed E-state index contributed by atoms with van der Waals surface area (Å²) in [5, 5.41) is 9.77. The molecule has 0 atom stereocenters. The van der Waals surface area contributed by atoms with E-state index in [9.17, 15) is 14.7 Å². The number of Topliss-reactive ketones (excluding diaryl/α,β-unsaturated/α-hetero) is 1. The Morgan fingerprint density at radius 2 is 1.42 bits per heavy atom. The van der Waals surface area contributed by atoms with Gasteiger partial charge in [-0.05, 0) is 44.0 Å². The Hall–Kier alpha value is -2.72. The van der Waals surface area contributed by atoms with Gasteiger partial charge in [-0.25, -0.2) is 4.79 Å². The van der Waals surface area contributed by atoms with Gasteiger partial charge in [-0.15, -0.1) is 0 Å². The van der Waals surface area contributed by atoms with Crippen molar-refractivity contribution in [1.29, 1.82) is 0 Å². The predicted molar refractivity (Wildman–Crippen MR) is 93.0 cm³/mol. The number of esters is 1. The highest BCUT2D eigenvalue weighted by Crippen LogP contribution is 2.24. The summed E-state index contributed by atoms with van der Waals surface area (Å²) in [6.45, 7) is 8.06. The van der Waals surface area contributed by atoms with E-state index >= 15 is 0 Å². The van der Waals surface area contributed by atoms with Crippen LogP contribution in [0.2, 0.25) is 0 Å². The monoisotopic (exact) mass is 324 g/mol. The minimum atomic E-state index is -1.39. The molecule has 0 saturated heterocycles. The fraction of sp³-hybridized carbons (Fsp3) is 0.200. The molecule has 0 spiro atoms. The molecule has 0 radical (unpaired) electrons. The fourth-order valence-electron chi connectivity index (χ4n) is 2.08. The van der Waals surface area contributed by atoms with E-state index in [1.54, 1.807) is 31.2 Å². The summed E-state index contributed by atoms with van der Waals surface area (Å²) in [5.74, 6) is -0.339. The van der Waals surface area contributed by atoms with Gasteiger partial charge in [0.25, 0.3) is 0 Å². The fourth-order valence-corrected chi connectivity index (χ4v) is 2.08. The van der Waals surface area contributed by atoms with Gasteiger partial charge in [0.1, 0.15) is 11.4 Å². The summed E-state index contributed by atoms with van der Waals surface area (Å²) >= 11 is 0. The Labute approximate surface area is 141 Å². The Kier molecular flexibility index (Phi) is 5.00. The van der Waals surface area contributed by atoms with Crippen molar-refractivity contribution < 1.29 is 19.4 Å². The number of ether oxygens (including phenoxy) is 1. The topological polar surface area (TPSA) is 63.6 Å². The van der Waals surface area contributed by atoms with E-state index in [0.717, 1.165) is 11.1 Å². The lowest BCUT2D eigenvalue weighted by atomic mass is 9.95. The van der Waals surface area contributed by atoms with Crippen LogP contribution in [-0.4, -0.2) is 22.5 Å². The normalized spacial score (nSPS) is 11.0. The van der Waals surface area contributed by atoms with Crippen LogP contribution in [0.4, 0.5) is 0 Å². The number of carbonyl (C=O) groups is 2. The van der Waals surface area contributed by atoms with Crippen LogP contribution in [0.1, 0.15) is 31.1 Å². The molecule has 0 aliphatic heterocycles. The third-order valence-electron chi connectivity index (χ3n) is 3.45. The Morgan fingerprint density at radius 1 is 0.958 bits per heavy atom. The second-order valence-electron chi connectivity index (χ2n) is 6.16. The third kappa shape index (κ3) is 4.18. The van der Waals surface area contributed by atoms with Crippen LogP contribution >= 0.6 is 0 Å². The largest absolute Gasteiger partial charge is 0.423 e. The van der Waals surface area contributed by atoms with E-state index in [4.69, 9.17) is 4.74 Å². The summed E-state index contributed by atoms with van der Waals surface area (Å²) in [6.07, 6.45) is 0. The van der Waals surface area contributed by atoms with E-state index in [0.29, 0.717) is 16.9 Å². The van der Waals surface area contributed by atoms with Gasteiger partial charge in [-0.1, -0.05) is 43.0 Å². The van der Waals surface area contributed by atoms with Gasteiger partial charge in [-0.2, -0.15) is 0 Å². The van der Waals surface area contributed by atoms with Crippen LogP contribution in [0.3, 0.4) is 0 Å². The van der Waals surface area contributed by atoms with Crippen molar-refractivity contribution in [2.24, 2.45) is 0 Å². The van der Waals surface area contributed by atoms with Crippen molar-refractivity contribution in [2.45, 2.75) is 26.4 Å². The minimum absolute atomic E-state index is 0.323. The second-order valence-corrected chi connectivity index (χ2v) is 6.16. The quantitative estimate of drug-likeness (QED) is 0.393. The Bertz CT molecular complexity index is 763. The van der Waals surface area contributed by atoms with Gasteiger partial charge in [-0.3, -0.25) is 4.79 Å². The van der Waals surface area contributed by atoms with Crippen LogP contribution in [0.5, 0.6) is 5.75 Å².